The summed E-state index contributed by atoms with van der Waals surface area (Å²) in [4.78, 5) is 14.6. The quantitative estimate of drug-likeness (QED) is 0.820. The average molecular weight is 255 g/mol. The first-order chi connectivity index (χ1) is 8.43. The van der Waals surface area contributed by atoms with Crippen molar-refractivity contribution in [3.8, 4) is 0 Å². The summed E-state index contributed by atoms with van der Waals surface area (Å²) in [7, 11) is 0. The second kappa shape index (κ2) is 6.55. The summed E-state index contributed by atoms with van der Waals surface area (Å²) in [5.41, 5.74) is -0.0956. The van der Waals surface area contributed by atoms with Crippen molar-refractivity contribution in [1.82, 2.24) is 4.90 Å². The Balaban J connectivity index is 2.70. The van der Waals surface area contributed by atoms with Gasteiger partial charge < -0.3 is 10.0 Å². The van der Waals surface area contributed by atoms with E-state index in [1.54, 1.807) is 0 Å². The van der Waals surface area contributed by atoms with E-state index in [0.29, 0.717) is 11.8 Å². The second-order valence-corrected chi connectivity index (χ2v) is 6.47. The molecule has 1 rings (SSSR count). The van der Waals surface area contributed by atoms with Crippen LogP contribution in [0.3, 0.4) is 0 Å². The molecule has 0 radical (unpaired) electrons. The van der Waals surface area contributed by atoms with Crippen molar-refractivity contribution in [3.05, 3.63) is 0 Å². The number of carbonyl (C=O) groups excluding carboxylic acids is 1. The molecule has 0 aromatic rings. The molecule has 2 atom stereocenters. The molecule has 0 spiro atoms. The van der Waals surface area contributed by atoms with Crippen LogP contribution in [-0.4, -0.2) is 35.6 Å². The maximum atomic E-state index is 12.6. The molecular formula is C15H29NO2. The SMILES string of the molecule is CCCC(C(=O)N1CCCC(C)(CO)C1)C(C)C. The molecule has 0 saturated carbocycles. The first-order valence-electron chi connectivity index (χ1n) is 7.33. The van der Waals surface area contributed by atoms with Crippen molar-refractivity contribution in [3.63, 3.8) is 0 Å². The Morgan fingerprint density at radius 1 is 1.44 bits per heavy atom. The van der Waals surface area contributed by atoms with Gasteiger partial charge in [-0.25, -0.2) is 0 Å². The summed E-state index contributed by atoms with van der Waals surface area (Å²) in [5.74, 6) is 0.849. The zero-order valence-electron chi connectivity index (χ0n) is 12.4. The van der Waals surface area contributed by atoms with Crippen molar-refractivity contribution in [2.75, 3.05) is 19.7 Å². The number of carbonyl (C=O) groups is 1. The molecule has 0 aliphatic carbocycles. The number of hydrogen-bond donors (Lipinski definition) is 1. The van der Waals surface area contributed by atoms with Gasteiger partial charge in [0.05, 0.1) is 6.61 Å². The molecule has 1 N–H and O–H groups in total. The largest absolute Gasteiger partial charge is 0.396 e. The molecule has 1 saturated heterocycles. The van der Waals surface area contributed by atoms with Gasteiger partial charge >= 0.3 is 0 Å². The minimum absolute atomic E-state index is 0.0956. The highest BCUT2D eigenvalue weighted by atomic mass is 16.3. The summed E-state index contributed by atoms with van der Waals surface area (Å²) in [6.07, 6.45) is 4.07. The third-order valence-corrected chi connectivity index (χ3v) is 4.20. The predicted molar refractivity (Wildman–Crippen MR) is 74.2 cm³/mol. The first kappa shape index (κ1) is 15.5. The average Bonchev–Trinajstić information content (AvgIpc) is 2.35. The Labute approximate surface area is 112 Å². The molecule has 1 aliphatic rings. The molecule has 1 fully saturated rings. The van der Waals surface area contributed by atoms with Crippen LogP contribution in [0.1, 0.15) is 53.4 Å². The summed E-state index contributed by atoms with van der Waals surface area (Å²) in [5, 5.41) is 9.46. The number of piperidine rings is 1. The lowest BCUT2D eigenvalue weighted by Crippen LogP contribution is -2.49. The van der Waals surface area contributed by atoms with Gasteiger partial charge in [-0.3, -0.25) is 4.79 Å². The number of rotatable bonds is 5. The van der Waals surface area contributed by atoms with E-state index in [4.69, 9.17) is 0 Å². The van der Waals surface area contributed by atoms with Gasteiger partial charge in [-0.05, 0) is 25.2 Å². The molecule has 106 valence electrons. The molecule has 1 amide bonds. The Bertz CT molecular complexity index is 278. The Morgan fingerprint density at radius 2 is 2.11 bits per heavy atom. The molecule has 3 heteroatoms. The van der Waals surface area contributed by atoms with Crippen LogP contribution in [0.4, 0.5) is 0 Å². The van der Waals surface area contributed by atoms with Gasteiger partial charge in [-0.15, -0.1) is 0 Å². The van der Waals surface area contributed by atoms with Gasteiger partial charge in [-0.2, -0.15) is 0 Å². The van der Waals surface area contributed by atoms with Crippen molar-refractivity contribution in [1.29, 1.82) is 0 Å². The van der Waals surface area contributed by atoms with Gasteiger partial charge in [0.15, 0.2) is 0 Å². The lowest BCUT2D eigenvalue weighted by atomic mass is 9.81. The van der Waals surface area contributed by atoms with Crippen LogP contribution < -0.4 is 0 Å². The molecule has 0 aromatic carbocycles. The number of amides is 1. The van der Waals surface area contributed by atoms with Crippen LogP contribution in [0.5, 0.6) is 0 Å². The highest BCUT2D eigenvalue weighted by Crippen LogP contribution is 2.31. The molecule has 1 heterocycles. The zero-order chi connectivity index (χ0) is 13.8. The monoisotopic (exact) mass is 255 g/mol. The van der Waals surface area contributed by atoms with Crippen molar-refractivity contribution < 1.29 is 9.90 Å². The van der Waals surface area contributed by atoms with Crippen LogP contribution in [0.25, 0.3) is 0 Å². The maximum absolute atomic E-state index is 12.6. The van der Waals surface area contributed by atoms with Crippen LogP contribution in [0, 0.1) is 17.3 Å². The topological polar surface area (TPSA) is 40.5 Å². The molecular weight excluding hydrogens is 226 g/mol. The fraction of sp³-hybridized carbons (Fsp3) is 0.933. The lowest BCUT2D eigenvalue weighted by molar-refractivity contribution is -0.141. The van der Waals surface area contributed by atoms with E-state index >= 15 is 0 Å². The molecule has 1 aliphatic heterocycles. The minimum Gasteiger partial charge on any atom is -0.396 e. The van der Waals surface area contributed by atoms with Crippen LogP contribution in [0.2, 0.25) is 0 Å². The maximum Gasteiger partial charge on any atom is 0.225 e. The van der Waals surface area contributed by atoms with Crippen LogP contribution >= 0.6 is 0 Å². The Morgan fingerprint density at radius 3 is 2.61 bits per heavy atom. The Hall–Kier alpha value is -0.570. The number of aliphatic hydroxyl groups is 1. The van der Waals surface area contributed by atoms with E-state index in [0.717, 1.165) is 38.8 Å². The van der Waals surface area contributed by atoms with Gasteiger partial charge in [0.2, 0.25) is 5.91 Å². The minimum atomic E-state index is -0.0956. The van der Waals surface area contributed by atoms with E-state index in [-0.39, 0.29) is 17.9 Å². The van der Waals surface area contributed by atoms with Gasteiger partial charge in [0.25, 0.3) is 0 Å². The van der Waals surface area contributed by atoms with E-state index in [2.05, 4.69) is 27.7 Å². The molecule has 18 heavy (non-hydrogen) atoms. The van der Waals surface area contributed by atoms with Gasteiger partial charge in [-0.1, -0.05) is 34.1 Å². The van der Waals surface area contributed by atoms with Crippen LogP contribution in [0.15, 0.2) is 0 Å². The highest BCUT2D eigenvalue weighted by molar-refractivity contribution is 5.79. The number of hydrogen-bond acceptors (Lipinski definition) is 2. The third-order valence-electron chi connectivity index (χ3n) is 4.20. The van der Waals surface area contributed by atoms with Gasteiger partial charge in [0.1, 0.15) is 0 Å². The predicted octanol–water partition coefficient (Wildman–Crippen LogP) is 2.68. The van der Waals surface area contributed by atoms with E-state index in [9.17, 15) is 9.90 Å². The van der Waals surface area contributed by atoms with Crippen molar-refractivity contribution >= 4 is 5.91 Å². The zero-order valence-corrected chi connectivity index (χ0v) is 12.4. The standard InChI is InChI=1S/C15H29NO2/c1-5-7-13(12(2)3)14(18)16-9-6-8-15(4,10-16)11-17/h12-13,17H,5-11H2,1-4H3. The summed E-state index contributed by atoms with van der Waals surface area (Å²) in [6.45, 7) is 10.2. The lowest BCUT2D eigenvalue weighted by Gasteiger charge is -2.41. The summed E-state index contributed by atoms with van der Waals surface area (Å²) in [6, 6.07) is 0. The number of aliphatic hydroxyl groups excluding tert-OH is 1. The third kappa shape index (κ3) is 3.71. The number of nitrogens with zero attached hydrogens (tertiary/aromatic N) is 1. The van der Waals surface area contributed by atoms with E-state index in [1.807, 2.05) is 4.90 Å². The molecule has 2 unspecified atom stereocenters. The molecule has 0 bridgehead atoms. The summed E-state index contributed by atoms with van der Waals surface area (Å²) >= 11 is 0. The van der Waals surface area contributed by atoms with Crippen LogP contribution in [-0.2, 0) is 4.79 Å². The van der Waals surface area contributed by atoms with E-state index in [1.165, 1.54) is 0 Å². The van der Waals surface area contributed by atoms with Gasteiger partial charge in [0, 0.05) is 24.4 Å². The van der Waals surface area contributed by atoms with Crippen molar-refractivity contribution in [2.24, 2.45) is 17.3 Å². The first-order valence-corrected chi connectivity index (χ1v) is 7.33. The number of likely N-dealkylation sites (tertiary alicyclic amines) is 1. The smallest absolute Gasteiger partial charge is 0.225 e. The second-order valence-electron chi connectivity index (χ2n) is 6.47. The summed E-state index contributed by atoms with van der Waals surface area (Å²) < 4.78 is 0. The molecule has 3 nitrogen and oxygen atoms in total. The van der Waals surface area contributed by atoms with Crippen molar-refractivity contribution in [2.45, 2.75) is 53.4 Å². The van der Waals surface area contributed by atoms with E-state index < -0.39 is 0 Å². The fourth-order valence-electron chi connectivity index (χ4n) is 2.92. The highest BCUT2D eigenvalue weighted by Gasteiger charge is 2.35. The normalized spacial score (nSPS) is 26.4. The fourth-order valence-corrected chi connectivity index (χ4v) is 2.92. The Kier molecular flexibility index (Phi) is 5.64. The molecule has 0 aromatic heterocycles.